The zero-order valence-electron chi connectivity index (χ0n) is 8.97. The van der Waals surface area contributed by atoms with Crippen LogP contribution in [0.2, 0.25) is 0 Å². The van der Waals surface area contributed by atoms with E-state index in [2.05, 4.69) is 4.98 Å². The minimum atomic E-state index is 0.509. The van der Waals surface area contributed by atoms with Crippen LogP contribution >= 0.6 is 0 Å². The summed E-state index contributed by atoms with van der Waals surface area (Å²) in [6.07, 6.45) is 1.64. The van der Waals surface area contributed by atoms with Gasteiger partial charge in [0.25, 0.3) is 0 Å². The minimum Gasteiger partial charge on any atom is -0.397 e. The number of rotatable bonds is 4. The van der Waals surface area contributed by atoms with Gasteiger partial charge in [-0.1, -0.05) is 30.3 Å². The monoisotopic (exact) mass is 214 g/mol. The Labute approximate surface area is 94.9 Å². The molecule has 0 aliphatic carbocycles. The fourth-order valence-corrected chi connectivity index (χ4v) is 1.37. The Morgan fingerprint density at radius 3 is 2.50 bits per heavy atom. The van der Waals surface area contributed by atoms with Gasteiger partial charge in [-0.15, -0.1) is 0 Å². The fourth-order valence-electron chi connectivity index (χ4n) is 1.37. The van der Waals surface area contributed by atoms with E-state index < -0.39 is 0 Å². The predicted molar refractivity (Wildman–Crippen MR) is 63.6 cm³/mol. The fraction of sp³-hybridized carbons (Fsp3) is 0.154. The van der Waals surface area contributed by atoms with E-state index in [1.807, 2.05) is 42.5 Å². The Hall–Kier alpha value is -1.87. The van der Waals surface area contributed by atoms with Crippen LogP contribution in [0.25, 0.3) is 0 Å². The number of aromatic nitrogens is 1. The maximum atomic E-state index is 5.54. The number of ether oxygens (including phenoxy) is 1. The average Bonchev–Trinajstić information content (AvgIpc) is 2.33. The van der Waals surface area contributed by atoms with Gasteiger partial charge in [-0.25, -0.2) is 0 Å². The Bertz CT molecular complexity index is 425. The van der Waals surface area contributed by atoms with E-state index in [1.165, 1.54) is 0 Å². The number of hydrogen-bond acceptors (Lipinski definition) is 3. The second-order valence-electron chi connectivity index (χ2n) is 3.56. The van der Waals surface area contributed by atoms with Crippen molar-refractivity contribution in [3.63, 3.8) is 0 Å². The number of benzene rings is 1. The second-order valence-corrected chi connectivity index (χ2v) is 3.56. The Balaban J connectivity index is 1.82. The van der Waals surface area contributed by atoms with Crippen molar-refractivity contribution >= 4 is 5.69 Å². The summed E-state index contributed by atoms with van der Waals surface area (Å²) in [5.41, 5.74) is 8.27. The van der Waals surface area contributed by atoms with Crippen LogP contribution in [0.15, 0.2) is 48.7 Å². The molecule has 0 radical (unpaired) electrons. The summed E-state index contributed by atoms with van der Waals surface area (Å²) >= 11 is 0. The maximum absolute atomic E-state index is 5.54. The molecule has 0 fully saturated rings. The largest absolute Gasteiger partial charge is 0.397 e. The highest BCUT2D eigenvalue weighted by Crippen LogP contribution is 2.05. The number of pyridine rings is 1. The quantitative estimate of drug-likeness (QED) is 0.850. The van der Waals surface area contributed by atoms with E-state index in [-0.39, 0.29) is 0 Å². The zero-order valence-corrected chi connectivity index (χ0v) is 8.97. The van der Waals surface area contributed by atoms with E-state index >= 15 is 0 Å². The molecule has 2 aromatic rings. The Morgan fingerprint density at radius 1 is 1.00 bits per heavy atom. The molecule has 1 aromatic heterocycles. The molecule has 0 saturated heterocycles. The molecule has 0 aliphatic rings. The molecule has 2 rings (SSSR count). The van der Waals surface area contributed by atoms with Crippen LogP contribution in [0.4, 0.5) is 5.69 Å². The van der Waals surface area contributed by atoms with Crippen molar-refractivity contribution in [3.8, 4) is 0 Å². The lowest BCUT2D eigenvalue weighted by atomic mass is 10.2. The van der Waals surface area contributed by atoms with Crippen molar-refractivity contribution in [2.75, 3.05) is 5.73 Å². The van der Waals surface area contributed by atoms with Crippen LogP contribution in [-0.2, 0) is 18.0 Å². The number of nitrogens with two attached hydrogens (primary N) is 1. The summed E-state index contributed by atoms with van der Waals surface area (Å²) in [7, 11) is 0. The standard InChI is InChI=1S/C13H14N2O/c14-12-6-7-13(15-8-12)10-16-9-11-4-2-1-3-5-11/h1-8H,9-10,14H2. The highest BCUT2D eigenvalue weighted by molar-refractivity contribution is 5.34. The first-order valence-electron chi connectivity index (χ1n) is 5.16. The zero-order chi connectivity index (χ0) is 11.2. The lowest BCUT2D eigenvalue weighted by molar-refractivity contribution is 0.104. The molecule has 0 amide bonds. The average molecular weight is 214 g/mol. The normalized spacial score (nSPS) is 10.2. The maximum Gasteiger partial charge on any atom is 0.0892 e. The van der Waals surface area contributed by atoms with Gasteiger partial charge in [0.05, 0.1) is 30.8 Å². The number of nitrogen functional groups attached to an aromatic ring is 1. The molecular weight excluding hydrogens is 200 g/mol. The van der Waals surface area contributed by atoms with Gasteiger partial charge in [-0.3, -0.25) is 4.98 Å². The molecule has 0 unspecified atom stereocenters. The highest BCUT2D eigenvalue weighted by Gasteiger charge is 1.95. The topological polar surface area (TPSA) is 48.1 Å². The second kappa shape index (κ2) is 5.28. The van der Waals surface area contributed by atoms with Gasteiger partial charge in [0, 0.05) is 0 Å². The van der Waals surface area contributed by atoms with E-state index in [0.717, 1.165) is 11.3 Å². The van der Waals surface area contributed by atoms with E-state index in [1.54, 1.807) is 6.20 Å². The van der Waals surface area contributed by atoms with E-state index in [0.29, 0.717) is 18.9 Å². The summed E-state index contributed by atoms with van der Waals surface area (Å²) in [5, 5.41) is 0. The van der Waals surface area contributed by atoms with Gasteiger partial charge in [-0.2, -0.15) is 0 Å². The van der Waals surface area contributed by atoms with Crippen LogP contribution in [0.5, 0.6) is 0 Å². The molecule has 3 nitrogen and oxygen atoms in total. The van der Waals surface area contributed by atoms with Crippen LogP contribution in [0, 0.1) is 0 Å². The predicted octanol–water partition coefficient (Wildman–Crippen LogP) is 2.38. The van der Waals surface area contributed by atoms with Crippen LogP contribution in [-0.4, -0.2) is 4.98 Å². The van der Waals surface area contributed by atoms with E-state index in [4.69, 9.17) is 10.5 Å². The third-order valence-electron chi connectivity index (χ3n) is 2.21. The van der Waals surface area contributed by atoms with Gasteiger partial charge in [0.15, 0.2) is 0 Å². The van der Waals surface area contributed by atoms with Gasteiger partial charge in [0.1, 0.15) is 0 Å². The first-order chi connectivity index (χ1) is 7.84. The van der Waals surface area contributed by atoms with Crippen LogP contribution in [0.3, 0.4) is 0 Å². The number of hydrogen-bond donors (Lipinski definition) is 1. The number of nitrogens with zero attached hydrogens (tertiary/aromatic N) is 1. The molecule has 3 heteroatoms. The Morgan fingerprint density at radius 2 is 1.81 bits per heavy atom. The van der Waals surface area contributed by atoms with E-state index in [9.17, 15) is 0 Å². The molecule has 16 heavy (non-hydrogen) atoms. The van der Waals surface area contributed by atoms with Crippen molar-refractivity contribution < 1.29 is 4.74 Å². The molecule has 0 aliphatic heterocycles. The van der Waals surface area contributed by atoms with Gasteiger partial charge < -0.3 is 10.5 Å². The Kier molecular flexibility index (Phi) is 3.51. The van der Waals surface area contributed by atoms with Crippen molar-refractivity contribution in [1.82, 2.24) is 4.98 Å². The minimum absolute atomic E-state index is 0.509. The summed E-state index contributed by atoms with van der Waals surface area (Å²) in [4.78, 5) is 4.16. The first kappa shape index (κ1) is 10.6. The van der Waals surface area contributed by atoms with Gasteiger partial charge in [0.2, 0.25) is 0 Å². The third-order valence-corrected chi connectivity index (χ3v) is 2.21. The molecule has 0 atom stereocenters. The van der Waals surface area contributed by atoms with Crippen LogP contribution < -0.4 is 5.73 Å². The molecule has 1 heterocycles. The molecule has 0 saturated carbocycles. The van der Waals surface area contributed by atoms with Crippen LogP contribution in [0.1, 0.15) is 11.3 Å². The SMILES string of the molecule is Nc1ccc(COCc2ccccc2)nc1. The third kappa shape index (κ3) is 3.07. The van der Waals surface area contributed by atoms with Crippen molar-refractivity contribution in [2.45, 2.75) is 13.2 Å². The van der Waals surface area contributed by atoms with Crippen molar-refractivity contribution in [3.05, 3.63) is 59.9 Å². The van der Waals surface area contributed by atoms with Gasteiger partial charge >= 0.3 is 0 Å². The highest BCUT2D eigenvalue weighted by atomic mass is 16.5. The lowest BCUT2D eigenvalue weighted by Gasteiger charge is -2.04. The molecular formula is C13H14N2O. The summed E-state index contributed by atoms with van der Waals surface area (Å²) in [6, 6.07) is 13.8. The van der Waals surface area contributed by atoms with Crippen molar-refractivity contribution in [2.24, 2.45) is 0 Å². The molecule has 82 valence electrons. The molecule has 1 aromatic carbocycles. The summed E-state index contributed by atoms with van der Waals surface area (Å²) in [6.45, 7) is 1.11. The molecule has 2 N–H and O–H groups in total. The smallest absolute Gasteiger partial charge is 0.0892 e. The van der Waals surface area contributed by atoms with Crippen molar-refractivity contribution in [1.29, 1.82) is 0 Å². The molecule has 0 spiro atoms. The summed E-state index contributed by atoms with van der Waals surface area (Å²) < 4.78 is 5.54. The summed E-state index contributed by atoms with van der Waals surface area (Å²) in [5.74, 6) is 0. The van der Waals surface area contributed by atoms with Gasteiger partial charge in [-0.05, 0) is 17.7 Å². The number of anilines is 1. The lowest BCUT2D eigenvalue weighted by Crippen LogP contribution is -1.97. The molecule has 0 bridgehead atoms. The first-order valence-corrected chi connectivity index (χ1v) is 5.16.